The Balaban J connectivity index is 0.00000306. The standard InChI is InChI=1S/C21H36O5S.Na/c1-13(26-27(23,24)25)17-6-7-18-16-5-4-14-12-15(22)8-10-20(14,2)19(16)9-11-21(17,18)3;/h13-19,22H,4-12H2,1-3H3,(H,23,24,25);/q;+1/p-1/t13-,14-,15+,16-,17+,18-,19-,20-,21+;/m0./s1/i1D3,13D,17D;. The molecular weight excluding hydrogens is 387 g/mol. The molecule has 7 heteroatoms. The summed E-state index contributed by atoms with van der Waals surface area (Å²) in [6, 6.07) is 0. The van der Waals surface area contributed by atoms with Gasteiger partial charge in [0.25, 0.3) is 0 Å². The van der Waals surface area contributed by atoms with Crippen LogP contribution in [0.3, 0.4) is 0 Å². The summed E-state index contributed by atoms with van der Waals surface area (Å²) < 4.78 is 80.3. The maximum atomic E-state index is 11.5. The minimum absolute atomic E-state index is 0. The molecule has 0 aliphatic heterocycles. The predicted octanol–water partition coefficient (Wildman–Crippen LogP) is 0.876. The first-order valence-electron chi connectivity index (χ1n) is 12.8. The fraction of sp³-hybridized carbons (Fsp3) is 1.00. The van der Waals surface area contributed by atoms with Gasteiger partial charge in [-0.3, -0.25) is 4.18 Å². The van der Waals surface area contributed by atoms with E-state index in [0.29, 0.717) is 24.7 Å². The van der Waals surface area contributed by atoms with Gasteiger partial charge in [-0.1, -0.05) is 13.8 Å². The van der Waals surface area contributed by atoms with Crippen LogP contribution in [0.15, 0.2) is 0 Å². The normalized spacial score (nSPS) is 56.1. The molecule has 0 radical (unpaired) electrons. The zero-order valence-corrected chi connectivity index (χ0v) is 20.1. The Bertz CT molecular complexity index is 874. The van der Waals surface area contributed by atoms with Gasteiger partial charge in [0.15, 0.2) is 0 Å². The molecule has 4 aliphatic rings. The molecule has 0 unspecified atom stereocenters. The molecule has 0 heterocycles. The van der Waals surface area contributed by atoms with Gasteiger partial charge in [0.1, 0.15) is 0 Å². The summed E-state index contributed by atoms with van der Waals surface area (Å²) in [5.74, 6) is -0.994. The SMILES string of the molecule is [2H]C([2H])([2H])[C@]([2H])(OS(=O)(=O)[O-])[C@@]1([2H])CC[C@H]2[C@@H]3CC[C@H]4C[C@H](O)CC[C@]4(C)[C@H]3CC[C@@]21C.[Na+]. The third-order valence-corrected chi connectivity index (χ3v) is 9.25. The molecule has 9 atom stereocenters. The van der Waals surface area contributed by atoms with Crippen LogP contribution in [0.1, 0.15) is 85.3 Å². The average Bonchev–Trinajstić information content (AvgIpc) is 2.93. The van der Waals surface area contributed by atoms with E-state index in [1.807, 2.05) is 6.92 Å². The maximum Gasteiger partial charge on any atom is 1.00 e. The Morgan fingerprint density at radius 3 is 2.50 bits per heavy atom. The van der Waals surface area contributed by atoms with Gasteiger partial charge in [0.05, 0.1) is 13.6 Å². The molecule has 28 heavy (non-hydrogen) atoms. The van der Waals surface area contributed by atoms with Gasteiger partial charge in [-0.2, -0.15) is 0 Å². The van der Waals surface area contributed by atoms with Gasteiger partial charge in [0.2, 0.25) is 10.4 Å². The molecule has 156 valence electrons. The minimum atomic E-state index is -5.50. The summed E-state index contributed by atoms with van der Waals surface area (Å²) in [5, 5.41) is 10.2. The smallest absolute Gasteiger partial charge is 0.726 e. The van der Waals surface area contributed by atoms with E-state index >= 15 is 0 Å². The third-order valence-electron chi connectivity index (χ3n) is 8.88. The molecule has 1 N–H and O–H groups in total. The number of rotatable bonds is 3. The van der Waals surface area contributed by atoms with E-state index in [4.69, 9.17) is 5.48 Å². The number of hydrogen-bond donors (Lipinski definition) is 1. The molecule has 4 aliphatic carbocycles. The molecule has 0 amide bonds. The summed E-state index contributed by atoms with van der Waals surface area (Å²) >= 11 is 0. The monoisotopic (exact) mass is 427 g/mol. The van der Waals surface area contributed by atoms with Crippen LogP contribution in [-0.2, 0) is 14.6 Å². The van der Waals surface area contributed by atoms with Gasteiger partial charge in [0, 0.05) is 5.48 Å². The van der Waals surface area contributed by atoms with Crippen molar-refractivity contribution < 1.29 is 58.7 Å². The number of aliphatic hydroxyl groups excluding tert-OH is 1. The van der Waals surface area contributed by atoms with E-state index < -0.39 is 34.6 Å². The van der Waals surface area contributed by atoms with E-state index in [2.05, 4.69) is 11.1 Å². The van der Waals surface area contributed by atoms with Crippen molar-refractivity contribution >= 4 is 10.4 Å². The zero-order valence-electron chi connectivity index (χ0n) is 22.2. The first-order chi connectivity index (χ1) is 14.5. The molecule has 0 aromatic heterocycles. The Labute approximate surface area is 199 Å². The number of fused-ring (bicyclic) bond motifs is 5. The van der Waals surface area contributed by atoms with Crippen molar-refractivity contribution in [2.24, 2.45) is 40.4 Å². The van der Waals surface area contributed by atoms with E-state index in [1.54, 1.807) is 0 Å². The Morgan fingerprint density at radius 1 is 1.14 bits per heavy atom. The Kier molecular flexibility index (Phi) is 5.01. The van der Waals surface area contributed by atoms with Gasteiger partial charge >= 0.3 is 29.6 Å². The topological polar surface area (TPSA) is 86.7 Å². The van der Waals surface area contributed by atoms with Crippen LogP contribution >= 0.6 is 0 Å². The second kappa shape index (κ2) is 8.07. The van der Waals surface area contributed by atoms with Crippen LogP contribution in [-0.4, -0.2) is 30.3 Å². The van der Waals surface area contributed by atoms with Crippen LogP contribution in [0.4, 0.5) is 0 Å². The maximum absolute atomic E-state index is 11.5. The largest absolute Gasteiger partial charge is 1.00 e. The summed E-state index contributed by atoms with van der Waals surface area (Å²) in [6.07, 6.45) is 2.82. The van der Waals surface area contributed by atoms with Gasteiger partial charge in [-0.05, 0) is 105 Å². The molecule has 0 saturated heterocycles. The van der Waals surface area contributed by atoms with Crippen molar-refractivity contribution in [2.75, 3.05) is 0 Å². The van der Waals surface area contributed by atoms with Crippen molar-refractivity contribution in [3.63, 3.8) is 0 Å². The zero-order chi connectivity index (χ0) is 24.0. The van der Waals surface area contributed by atoms with E-state index in [0.717, 1.165) is 38.5 Å². The Hall–Kier alpha value is 0.830. The number of hydrogen-bond acceptors (Lipinski definition) is 5. The first kappa shape index (κ1) is 17.4. The molecule has 4 fully saturated rings. The average molecular weight is 428 g/mol. The van der Waals surface area contributed by atoms with Crippen LogP contribution < -0.4 is 29.6 Å². The summed E-state index contributed by atoms with van der Waals surface area (Å²) in [5.41, 5.74) is -0.861. The van der Waals surface area contributed by atoms with E-state index in [-0.39, 0.29) is 59.3 Å². The van der Waals surface area contributed by atoms with Gasteiger partial charge in [-0.15, -0.1) is 0 Å². The second-order valence-electron chi connectivity index (χ2n) is 9.88. The van der Waals surface area contributed by atoms with Crippen LogP contribution in [0.25, 0.3) is 0 Å². The molecular formula is C21H35NaO5S. The third kappa shape index (κ3) is 3.89. The summed E-state index contributed by atoms with van der Waals surface area (Å²) in [7, 11) is -5.50. The molecule has 0 aromatic carbocycles. The summed E-state index contributed by atoms with van der Waals surface area (Å²) in [6.45, 7) is 0.850. The quantitative estimate of drug-likeness (QED) is 0.410. The van der Waals surface area contributed by atoms with Crippen molar-refractivity contribution in [3.05, 3.63) is 0 Å². The summed E-state index contributed by atoms with van der Waals surface area (Å²) in [4.78, 5) is 0. The van der Waals surface area contributed by atoms with Crippen molar-refractivity contribution in [1.29, 1.82) is 0 Å². The van der Waals surface area contributed by atoms with Crippen LogP contribution in [0, 0.1) is 40.4 Å². The number of aliphatic hydroxyl groups is 1. The fourth-order valence-corrected chi connectivity index (χ4v) is 7.88. The van der Waals surface area contributed by atoms with Crippen LogP contribution in [0.5, 0.6) is 0 Å². The molecule has 0 bridgehead atoms. The van der Waals surface area contributed by atoms with Gasteiger partial charge < -0.3 is 9.66 Å². The molecule has 5 nitrogen and oxygen atoms in total. The fourth-order valence-electron chi connectivity index (χ4n) is 7.57. The van der Waals surface area contributed by atoms with Crippen LogP contribution in [0.2, 0.25) is 0 Å². The Morgan fingerprint density at radius 2 is 1.82 bits per heavy atom. The minimum Gasteiger partial charge on any atom is -0.726 e. The molecule has 4 saturated carbocycles. The molecule has 0 aromatic rings. The second-order valence-corrected chi connectivity index (χ2v) is 10.9. The molecule has 4 rings (SSSR count). The van der Waals surface area contributed by atoms with E-state index in [1.165, 1.54) is 0 Å². The van der Waals surface area contributed by atoms with Crippen molar-refractivity contribution in [3.8, 4) is 0 Å². The van der Waals surface area contributed by atoms with Gasteiger partial charge in [-0.25, -0.2) is 8.42 Å². The van der Waals surface area contributed by atoms with E-state index in [9.17, 15) is 19.4 Å². The van der Waals surface area contributed by atoms with Crippen molar-refractivity contribution in [2.45, 2.75) is 90.7 Å². The first-order valence-corrected chi connectivity index (χ1v) is 11.7. The van der Waals surface area contributed by atoms with Crippen molar-refractivity contribution in [1.82, 2.24) is 0 Å². The molecule has 0 spiro atoms. The predicted molar refractivity (Wildman–Crippen MR) is 101 cm³/mol.